The monoisotopic (exact) mass is 564 g/mol. The van der Waals surface area contributed by atoms with Gasteiger partial charge in [0.15, 0.2) is 0 Å². The number of thioether (sulfide) groups is 1. The maximum atomic E-state index is 13.2. The summed E-state index contributed by atoms with van der Waals surface area (Å²) in [6, 6.07) is 28.9. The lowest BCUT2D eigenvalue weighted by atomic mass is 9.98. The van der Waals surface area contributed by atoms with Crippen molar-refractivity contribution >= 4 is 40.1 Å². The molecule has 41 heavy (non-hydrogen) atoms. The Bertz CT molecular complexity index is 1650. The molecule has 0 aliphatic carbocycles. The smallest absolute Gasteiger partial charge is 0.326 e. The van der Waals surface area contributed by atoms with Gasteiger partial charge in [0, 0.05) is 24.0 Å². The summed E-state index contributed by atoms with van der Waals surface area (Å²) < 4.78 is 2.08. The summed E-state index contributed by atoms with van der Waals surface area (Å²) in [6.45, 7) is 1.24. The van der Waals surface area contributed by atoms with Gasteiger partial charge < -0.3 is 20.3 Å². The van der Waals surface area contributed by atoms with E-state index in [-0.39, 0.29) is 0 Å². The van der Waals surface area contributed by atoms with Gasteiger partial charge in [-0.2, -0.15) is 11.8 Å². The molecule has 1 amide bonds. The molecule has 5 rings (SSSR count). The highest BCUT2D eigenvalue weighted by atomic mass is 32.2. The molecule has 0 fully saturated rings. The van der Waals surface area contributed by atoms with E-state index in [0.717, 1.165) is 29.1 Å². The highest BCUT2D eigenvalue weighted by Gasteiger charge is 2.22. The average Bonchev–Trinajstić information content (AvgIpc) is 3.45. The van der Waals surface area contributed by atoms with Gasteiger partial charge in [0.2, 0.25) is 0 Å². The van der Waals surface area contributed by atoms with Gasteiger partial charge in [0.05, 0.1) is 18.6 Å². The normalized spacial score (nSPS) is 11.7. The summed E-state index contributed by atoms with van der Waals surface area (Å²) in [5, 5.41) is 18.2. The molecule has 1 aromatic heterocycles. The fraction of sp³-hybridized carbons (Fsp3) is 0.182. The molecule has 8 heteroatoms. The molecule has 208 valence electrons. The number of benzene rings is 4. The Hall–Kier alpha value is -4.56. The maximum Gasteiger partial charge on any atom is 0.326 e. The molecule has 5 aromatic rings. The lowest BCUT2D eigenvalue weighted by molar-refractivity contribution is -0.139. The van der Waals surface area contributed by atoms with Gasteiger partial charge >= 0.3 is 5.97 Å². The van der Waals surface area contributed by atoms with Crippen LogP contribution in [-0.2, 0) is 17.9 Å². The molecule has 4 aromatic carbocycles. The SMILES string of the molecule is CSCC[C@H](NC(=O)c1ccc(NCc2cn(Cc3cccc4ccccc34)cn2)cc1-c1ccccc1)C(=O)O. The van der Waals surface area contributed by atoms with E-state index >= 15 is 0 Å². The van der Waals surface area contributed by atoms with E-state index in [1.165, 1.54) is 16.3 Å². The fourth-order valence-corrected chi connectivity index (χ4v) is 5.31. The standard InChI is InChI=1S/C33H32N4O3S/c1-41-17-16-31(33(39)40)36-32(38)29-15-14-26(18-30(29)24-8-3-2-4-9-24)34-19-27-21-37(22-35-27)20-25-12-7-11-23-10-5-6-13-28(23)25/h2-15,18,21-22,31,34H,16-17,19-20H2,1H3,(H,36,38)(H,39,40)/t31-/m0/s1. The van der Waals surface area contributed by atoms with Gasteiger partial charge in [0.25, 0.3) is 5.91 Å². The van der Waals surface area contributed by atoms with E-state index in [2.05, 4.69) is 62.6 Å². The van der Waals surface area contributed by atoms with Crippen LogP contribution < -0.4 is 10.6 Å². The van der Waals surface area contributed by atoms with E-state index in [9.17, 15) is 14.7 Å². The van der Waals surface area contributed by atoms with Crippen molar-refractivity contribution in [2.75, 3.05) is 17.3 Å². The van der Waals surface area contributed by atoms with Crippen LogP contribution in [0.15, 0.2) is 104 Å². The van der Waals surface area contributed by atoms with Crippen molar-refractivity contribution in [2.45, 2.75) is 25.6 Å². The zero-order chi connectivity index (χ0) is 28.6. The fourth-order valence-electron chi connectivity index (χ4n) is 4.84. The van der Waals surface area contributed by atoms with E-state index in [1.54, 1.807) is 17.8 Å². The number of fused-ring (bicyclic) bond motifs is 1. The predicted molar refractivity (Wildman–Crippen MR) is 166 cm³/mol. The molecule has 3 N–H and O–H groups in total. The number of nitrogens with one attached hydrogen (secondary N) is 2. The minimum absolute atomic E-state index is 0.357. The number of aromatic nitrogens is 2. The molecule has 0 unspecified atom stereocenters. The van der Waals surface area contributed by atoms with Crippen LogP contribution in [0.4, 0.5) is 5.69 Å². The van der Waals surface area contributed by atoms with Crippen molar-refractivity contribution in [3.63, 3.8) is 0 Å². The first-order valence-corrected chi connectivity index (χ1v) is 14.8. The zero-order valence-corrected chi connectivity index (χ0v) is 23.6. The van der Waals surface area contributed by atoms with Crippen LogP contribution in [-0.4, -0.2) is 44.6 Å². The number of aliphatic carboxylic acids is 1. The Kier molecular flexibility index (Phi) is 9.01. The Labute approximate surface area is 243 Å². The number of carbonyl (C=O) groups is 2. The third-order valence-corrected chi connectivity index (χ3v) is 7.60. The quantitative estimate of drug-likeness (QED) is 0.165. The molecular formula is C33H32N4O3S. The summed E-state index contributed by atoms with van der Waals surface area (Å²) in [6.07, 6.45) is 6.15. The largest absolute Gasteiger partial charge is 0.480 e. The predicted octanol–water partition coefficient (Wildman–Crippen LogP) is 6.30. The van der Waals surface area contributed by atoms with Crippen LogP contribution >= 0.6 is 11.8 Å². The summed E-state index contributed by atoms with van der Waals surface area (Å²) >= 11 is 1.55. The Morgan fingerprint density at radius 3 is 2.56 bits per heavy atom. The third-order valence-electron chi connectivity index (χ3n) is 6.96. The maximum absolute atomic E-state index is 13.2. The van der Waals surface area contributed by atoms with Gasteiger partial charge in [-0.1, -0.05) is 72.8 Å². The van der Waals surface area contributed by atoms with Crippen molar-refractivity contribution in [1.29, 1.82) is 0 Å². The summed E-state index contributed by atoms with van der Waals surface area (Å²) in [5.74, 6) is -0.800. The molecule has 0 aliphatic heterocycles. The van der Waals surface area contributed by atoms with Crippen molar-refractivity contribution in [3.8, 4) is 11.1 Å². The lowest BCUT2D eigenvalue weighted by Crippen LogP contribution is -2.41. The molecule has 0 bridgehead atoms. The average molecular weight is 565 g/mol. The van der Waals surface area contributed by atoms with Crippen molar-refractivity contribution in [1.82, 2.24) is 14.9 Å². The second-order valence-electron chi connectivity index (χ2n) is 9.80. The number of amides is 1. The van der Waals surface area contributed by atoms with Gasteiger partial charge in [-0.3, -0.25) is 4.79 Å². The van der Waals surface area contributed by atoms with Crippen LogP contribution in [0.2, 0.25) is 0 Å². The minimum Gasteiger partial charge on any atom is -0.480 e. The molecule has 0 aliphatic rings. The van der Waals surface area contributed by atoms with E-state index in [4.69, 9.17) is 0 Å². The third kappa shape index (κ3) is 6.96. The lowest BCUT2D eigenvalue weighted by Gasteiger charge is -2.17. The number of hydrogen-bond donors (Lipinski definition) is 3. The second kappa shape index (κ2) is 13.2. The Morgan fingerprint density at radius 2 is 1.76 bits per heavy atom. The Balaban J connectivity index is 1.31. The number of rotatable bonds is 12. The van der Waals surface area contributed by atoms with Crippen LogP contribution in [0.5, 0.6) is 0 Å². The van der Waals surface area contributed by atoms with Gasteiger partial charge in [-0.25, -0.2) is 9.78 Å². The molecule has 1 atom stereocenters. The topological polar surface area (TPSA) is 96.3 Å². The second-order valence-corrected chi connectivity index (χ2v) is 10.8. The van der Waals surface area contributed by atoms with Crippen molar-refractivity contribution in [3.05, 3.63) is 120 Å². The summed E-state index contributed by atoms with van der Waals surface area (Å²) in [4.78, 5) is 29.5. The van der Waals surface area contributed by atoms with Crippen LogP contribution in [0.25, 0.3) is 21.9 Å². The molecule has 1 heterocycles. The molecule has 0 radical (unpaired) electrons. The minimum atomic E-state index is -1.04. The van der Waals surface area contributed by atoms with Gasteiger partial charge in [0.1, 0.15) is 6.04 Å². The number of nitrogens with zero attached hydrogens (tertiary/aromatic N) is 2. The number of anilines is 1. The van der Waals surface area contributed by atoms with Crippen LogP contribution in [0, 0.1) is 0 Å². The van der Waals surface area contributed by atoms with E-state index in [1.807, 2.05) is 61.2 Å². The first-order chi connectivity index (χ1) is 20.0. The number of hydrogen-bond acceptors (Lipinski definition) is 5. The first-order valence-electron chi connectivity index (χ1n) is 13.4. The first kappa shape index (κ1) is 28.0. The molecule has 0 saturated carbocycles. The molecule has 0 spiro atoms. The molecular weight excluding hydrogens is 532 g/mol. The number of carboxylic acids is 1. The number of imidazole rings is 1. The van der Waals surface area contributed by atoms with Crippen LogP contribution in [0.1, 0.15) is 28.0 Å². The molecule has 7 nitrogen and oxygen atoms in total. The Morgan fingerprint density at radius 1 is 0.976 bits per heavy atom. The highest BCUT2D eigenvalue weighted by molar-refractivity contribution is 7.98. The van der Waals surface area contributed by atoms with E-state index < -0.39 is 17.9 Å². The highest BCUT2D eigenvalue weighted by Crippen LogP contribution is 2.28. The number of carboxylic acid groups (broad SMARTS) is 1. The van der Waals surface area contributed by atoms with Crippen molar-refractivity contribution in [2.24, 2.45) is 0 Å². The summed E-state index contributed by atoms with van der Waals surface area (Å²) in [5.41, 5.74) is 4.99. The number of carbonyl (C=O) groups excluding carboxylic acids is 1. The van der Waals surface area contributed by atoms with E-state index in [0.29, 0.717) is 24.3 Å². The van der Waals surface area contributed by atoms with Crippen molar-refractivity contribution < 1.29 is 14.7 Å². The zero-order valence-electron chi connectivity index (χ0n) is 22.8. The van der Waals surface area contributed by atoms with Gasteiger partial charge in [-0.15, -0.1) is 0 Å². The summed E-state index contributed by atoms with van der Waals surface area (Å²) in [7, 11) is 0. The van der Waals surface area contributed by atoms with Crippen LogP contribution in [0.3, 0.4) is 0 Å². The van der Waals surface area contributed by atoms with Gasteiger partial charge in [-0.05, 0) is 64.1 Å². The molecule has 0 saturated heterocycles.